The molecule has 0 saturated heterocycles. The van der Waals surface area contributed by atoms with E-state index in [0.29, 0.717) is 27.6 Å². The van der Waals surface area contributed by atoms with Gasteiger partial charge in [0.1, 0.15) is 10.7 Å². The predicted molar refractivity (Wildman–Crippen MR) is 104 cm³/mol. The largest absolute Gasteiger partial charge is 0.348 e. The maximum absolute atomic E-state index is 13.0. The van der Waals surface area contributed by atoms with Crippen LogP contribution in [-0.2, 0) is 13.0 Å². The lowest BCUT2D eigenvalue weighted by molar-refractivity contribution is 0.0932. The SMILES string of the molecule is Cc1c(C(=O)NC2CCCC2CN)sc2nc3n(c(=O)c12)CCCCC3. The Morgan fingerprint density at radius 3 is 2.96 bits per heavy atom. The monoisotopic (exact) mass is 374 g/mol. The van der Waals surface area contributed by atoms with Crippen molar-refractivity contribution in [2.45, 2.75) is 64.5 Å². The van der Waals surface area contributed by atoms with Crippen molar-refractivity contribution in [3.8, 4) is 0 Å². The summed E-state index contributed by atoms with van der Waals surface area (Å²) in [5.74, 6) is 1.14. The summed E-state index contributed by atoms with van der Waals surface area (Å²) in [7, 11) is 0. The number of nitrogens with one attached hydrogen (secondary N) is 1. The molecular weight excluding hydrogens is 348 g/mol. The third-order valence-corrected chi connectivity index (χ3v) is 7.08. The van der Waals surface area contributed by atoms with Crippen molar-refractivity contribution in [1.29, 1.82) is 0 Å². The average Bonchev–Trinajstić information content (AvgIpc) is 3.11. The Bertz CT molecular complexity index is 901. The van der Waals surface area contributed by atoms with Crippen LogP contribution >= 0.6 is 11.3 Å². The molecule has 2 atom stereocenters. The summed E-state index contributed by atoms with van der Waals surface area (Å²) in [6.45, 7) is 3.20. The fraction of sp³-hybridized carbons (Fsp3) is 0.632. The van der Waals surface area contributed by atoms with E-state index in [1.807, 2.05) is 11.5 Å². The van der Waals surface area contributed by atoms with Crippen molar-refractivity contribution >= 4 is 27.5 Å². The molecule has 2 aliphatic rings. The standard InChI is InChI=1S/C19H26N4O2S/c1-11-15-18(22-14-8-3-2-4-9-23(14)19(15)25)26-16(11)17(24)21-13-7-5-6-12(13)10-20/h12-13H,2-10,20H2,1H3,(H,21,24). The fourth-order valence-corrected chi connectivity index (χ4v) is 5.46. The van der Waals surface area contributed by atoms with Crippen LogP contribution < -0.4 is 16.6 Å². The van der Waals surface area contributed by atoms with E-state index in [4.69, 9.17) is 10.7 Å². The molecule has 4 rings (SSSR count). The van der Waals surface area contributed by atoms with Gasteiger partial charge in [0.15, 0.2) is 0 Å². The summed E-state index contributed by atoms with van der Waals surface area (Å²) in [5, 5.41) is 3.77. The first-order chi connectivity index (χ1) is 12.6. The van der Waals surface area contributed by atoms with Gasteiger partial charge in [0, 0.05) is 19.0 Å². The van der Waals surface area contributed by atoms with Gasteiger partial charge in [-0.25, -0.2) is 4.98 Å². The number of carbonyl (C=O) groups excluding carboxylic acids is 1. The Hall–Kier alpha value is -1.73. The molecule has 1 saturated carbocycles. The number of fused-ring (bicyclic) bond motifs is 2. The molecule has 7 heteroatoms. The van der Waals surface area contributed by atoms with Crippen LogP contribution in [0, 0.1) is 12.8 Å². The first-order valence-electron chi connectivity index (χ1n) is 9.64. The van der Waals surface area contributed by atoms with Crippen LogP contribution in [0.1, 0.15) is 59.6 Å². The zero-order chi connectivity index (χ0) is 18.3. The lowest BCUT2D eigenvalue weighted by Gasteiger charge is -2.19. The Kier molecular flexibility index (Phi) is 4.84. The summed E-state index contributed by atoms with van der Waals surface area (Å²) in [6, 6.07) is 0.142. The number of hydrogen-bond donors (Lipinski definition) is 2. The van der Waals surface area contributed by atoms with Crippen molar-refractivity contribution in [2.24, 2.45) is 11.7 Å². The maximum atomic E-state index is 13.0. The van der Waals surface area contributed by atoms with E-state index in [2.05, 4.69) is 5.32 Å². The second kappa shape index (κ2) is 7.12. The molecule has 1 aliphatic heterocycles. The number of thiophene rings is 1. The van der Waals surface area contributed by atoms with Crippen LogP contribution in [0.2, 0.25) is 0 Å². The van der Waals surface area contributed by atoms with Gasteiger partial charge >= 0.3 is 0 Å². The number of amides is 1. The number of carbonyl (C=O) groups is 1. The van der Waals surface area contributed by atoms with E-state index in [0.717, 1.165) is 62.9 Å². The molecule has 3 N–H and O–H groups in total. The molecule has 0 spiro atoms. The topological polar surface area (TPSA) is 90.0 Å². The van der Waals surface area contributed by atoms with Crippen LogP contribution in [0.4, 0.5) is 0 Å². The molecule has 26 heavy (non-hydrogen) atoms. The van der Waals surface area contributed by atoms with Crippen LogP contribution in [0.15, 0.2) is 4.79 Å². The maximum Gasteiger partial charge on any atom is 0.262 e. The lowest BCUT2D eigenvalue weighted by atomic mass is 10.0. The van der Waals surface area contributed by atoms with Gasteiger partial charge in [0.2, 0.25) is 0 Å². The van der Waals surface area contributed by atoms with Gasteiger partial charge < -0.3 is 11.1 Å². The third-order valence-electron chi connectivity index (χ3n) is 5.90. The van der Waals surface area contributed by atoms with Crippen LogP contribution in [0.5, 0.6) is 0 Å². The first-order valence-corrected chi connectivity index (χ1v) is 10.5. The van der Waals surface area contributed by atoms with Crippen molar-refractivity contribution in [3.05, 3.63) is 26.6 Å². The van der Waals surface area contributed by atoms with Gasteiger partial charge in [-0.3, -0.25) is 14.2 Å². The molecule has 6 nitrogen and oxygen atoms in total. The summed E-state index contributed by atoms with van der Waals surface area (Å²) in [4.78, 5) is 31.9. The van der Waals surface area contributed by atoms with Gasteiger partial charge in [-0.2, -0.15) is 0 Å². The average molecular weight is 375 g/mol. The molecule has 2 unspecified atom stereocenters. The normalized spacial score (nSPS) is 23.0. The Morgan fingerprint density at radius 1 is 1.31 bits per heavy atom. The summed E-state index contributed by atoms with van der Waals surface area (Å²) in [5.41, 5.74) is 6.61. The minimum Gasteiger partial charge on any atom is -0.348 e. The van der Waals surface area contributed by atoms with Crippen LogP contribution in [-0.4, -0.2) is 28.0 Å². The molecule has 140 valence electrons. The molecule has 0 bridgehead atoms. The van der Waals surface area contributed by atoms with E-state index in [1.54, 1.807) is 0 Å². The Balaban J connectivity index is 1.70. The lowest BCUT2D eigenvalue weighted by Crippen LogP contribution is -2.39. The van der Waals surface area contributed by atoms with Gasteiger partial charge in [0.05, 0.1) is 10.3 Å². The Morgan fingerprint density at radius 2 is 2.15 bits per heavy atom. The number of aromatic nitrogens is 2. The van der Waals surface area contributed by atoms with Crippen molar-refractivity contribution in [1.82, 2.24) is 14.9 Å². The molecule has 0 radical (unpaired) electrons. The van der Waals surface area contributed by atoms with E-state index in [1.165, 1.54) is 11.3 Å². The highest BCUT2D eigenvalue weighted by Gasteiger charge is 2.29. The zero-order valence-electron chi connectivity index (χ0n) is 15.2. The van der Waals surface area contributed by atoms with Gasteiger partial charge in [0.25, 0.3) is 11.5 Å². The third kappa shape index (κ3) is 2.97. The van der Waals surface area contributed by atoms with E-state index >= 15 is 0 Å². The highest BCUT2D eigenvalue weighted by Crippen LogP contribution is 2.30. The molecular formula is C19H26N4O2S. The highest BCUT2D eigenvalue weighted by atomic mass is 32.1. The van der Waals surface area contributed by atoms with E-state index in [9.17, 15) is 9.59 Å². The second-order valence-electron chi connectivity index (χ2n) is 7.54. The second-order valence-corrected chi connectivity index (χ2v) is 8.54. The highest BCUT2D eigenvalue weighted by molar-refractivity contribution is 7.20. The number of rotatable bonds is 3. The number of nitrogens with two attached hydrogens (primary N) is 1. The van der Waals surface area contributed by atoms with Crippen molar-refractivity contribution < 1.29 is 4.79 Å². The predicted octanol–water partition coefficient (Wildman–Crippen LogP) is 2.35. The minimum atomic E-state index is -0.0876. The summed E-state index contributed by atoms with van der Waals surface area (Å²) >= 11 is 1.35. The van der Waals surface area contributed by atoms with Crippen LogP contribution in [0.3, 0.4) is 0 Å². The molecule has 3 heterocycles. The number of aryl methyl sites for hydroxylation is 2. The van der Waals surface area contributed by atoms with Crippen LogP contribution in [0.25, 0.3) is 10.2 Å². The minimum absolute atomic E-state index is 0.0143. The fourth-order valence-electron chi connectivity index (χ4n) is 4.37. The van der Waals surface area contributed by atoms with E-state index < -0.39 is 0 Å². The quantitative estimate of drug-likeness (QED) is 0.863. The van der Waals surface area contributed by atoms with Gasteiger partial charge in [-0.05, 0) is 50.6 Å². The van der Waals surface area contributed by atoms with Gasteiger partial charge in [-0.15, -0.1) is 11.3 Å². The Labute approximate surface area is 156 Å². The first kappa shape index (κ1) is 17.7. The van der Waals surface area contributed by atoms with Crippen molar-refractivity contribution in [2.75, 3.05) is 6.54 Å². The molecule has 2 aromatic rings. The molecule has 1 fully saturated rings. The molecule has 1 amide bonds. The van der Waals surface area contributed by atoms with Crippen molar-refractivity contribution in [3.63, 3.8) is 0 Å². The summed E-state index contributed by atoms with van der Waals surface area (Å²) < 4.78 is 1.82. The van der Waals surface area contributed by atoms with E-state index in [-0.39, 0.29) is 17.5 Å². The van der Waals surface area contributed by atoms with Gasteiger partial charge in [-0.1, -0.05) is 12.8 Å². The number of hydrogen-bond acceptors (Lipinski definition) is 5. The molecule has 2 aromatic heterocycles. The number of nitrogens with zero attached hydrogens (tertiary/aromatic N) is 2. The summed E-state index contributed by atoms with van der Waals surface area (Å²) in [6.07, 6.45) is 7.20. The zero-order valence-corrected chi connectivity index (χ0v) is 16.0. The smallest absolute Gasteiger partial charge is 0.262 e. The molecule has 1 aliphatic carbocycles. The molecule has 0 aromatic carbocycles.